The Balaban J connectivity index is 1.87. The van der Waals surface area contributed by atoms with Crippen LogP contribution < -0.4 is 10.1 Å². The van der Waals surface area contributed by atoms with Gasteiger partial charge in [0, 0.05) is 6.54 Å². The summed E-state index contributed by atoms with van der Waals surface area (Å²) in [6.45, 7) is 8.84. The summed E-state index contributed by atoms with van der Waals surface area (Å²) >= 11 is 0. The highest BCUT2D eigenvalue weighted by molar-refractivity contribution is 5.80. The van der Waals surface area contributed by atoms with E-state index in [4.69, 9.17) is 4.74 Å². The average molecular weight is 329 g/mol. The van der Waals surface area contributed by atoms with Crippen molar-refractivity contribution in [2.24, 2.45) is 0 Å². The van der Waals surface area contributed by atoms with Gasteiger partial charge in [-0.05, 0) is 69.1 Å². The van der Waals surface area contributed by atoms with Crippen LogP contribution in [-0.2, 0) is 4.79 Å². The lowest BCUT2D eigenvalue weighted by Gasteiger charge is -2.20. The van der Waals surface area contributed by atoms with E-state index in [1.165, 1.54) is 31.3 Å². The van der Waals surface area contributed by atoms with Crippen LogP contribution in [0.2, 0.25) is 0 Å². The lowest BCUT2D eigenvalue weighted by Crippen LogP contribution is -2.37. The molecule has 0 heterocycles. The van der Waals surface area contributed by atoms with Gasteiger partial charge in [-0.1, -0.05) is 37.6 Å². The van der Waals surface area contributed by atoms with E-state index in [0.29, 0.717) is 12.5 Å². The summed E-state index contributed by atoms with van der Waals surface area (Å²) in [5, 5.41) is 3.01. The summed E-state index contributed by atoms with van der Waals surface area (Å²) in [6.07, 6.45) is 7.76. The molecule has 1 aliphatic carbocycles. The lowest BCUT2D eigenvalue weighted by atomic mass is 9.97. The van der Waals surface area contributed by atoms with Crippen LogP contribution in [-0.4, -0.2) is 18.6 Å². The molecule has 1 aliphatic rings. The largest absolute Gasteiger partial charge is 0.481 e. The van der Waals surface area contributed by atoms with E-state index in [2.05, 4.69) is 37.4 Å². The predicted octanol–water partition coefficient (Wildman–Crippen LogP) is 4.89. The number of hydrogen-bond donors (Lipinski definition) is 1. The van der Waals surface area contributed by atoms with Crippen LogP contribution in [0.15, 0.2) is 29.8 Å². The minimum atomic E-state index is -0.482. The van der Waals surface area contributed by atoms with E-state index in [1.807, 2.05) is 19.9 Å². The third kappa shape index (κ3) is 5.40. The second-order valence-electron chi connectivity index (χ2n) is 7.11. The molecule has 3 heteroatoms. The molecule has 1 aromatic rings. The molecule has 0 radical (unpaired) electrons. The average Bonchev–Trinajstić information content (AvgIpc) is 2.55. The van der Waals surface area contributed by atoms with Gasteiger partial charge in [-0.3, -0.25) is 4.79 Å². The first kappa shape index (κ1) is 18.6. The Labute approximate surface area is 146 Å². The molecule has 0 fully saturated rings. The maximum absolute atomic E-state index is 12.3. The Morgan fingerprint density at radius 1 is 1.25 bits per heavy atom. The van der Waals surface area contributed by atoms with Crippen molar-refractivity contribution in [3.63, 3.8) is 0 Å². The molecule has 132 valence electrons. The molecule has 0 unspecified atom stereocenters. The maximum Gasteiger partial charge on any atom is 0.260 e. The number of hydrogen-bond acceptors (Lipinski definition) is 2. The zero-order valence-corrected chi connectivity index (χ0v) is 15.5. The third-order valence-electron chi connectivity index (χ3n) is 4.59. The van der Waals surface area contributed by atoms with Crippen molar-refractivity contribution in [2.75, 3.05) is 6.54 Å². The molecule has 1 atom stereocenters. The van der Waals surface area contributed by atoms with Crippen molar-refractivity contribution < 1.29 is 9.53 Å². The highest BCUT2D eigenvalue weighted by Crippen LogP contribution is 2.28. The molecule has 0 aromatic heterocycles. The molecule has 24 heavy (non-hydrogen) atoms. The summed E-state index contributed by atoms with van der Waals surface area (Å²) in [4.78, 5) is 12.3. The van der Waals surface area contributed by atoms with Gasteiger partial charge in [0.05, 0.1) is 0 Å². The molecular formula is C21H31NO2. The Morgan fingerprint density at radius 3 is 2.71 bits per heavy atom. The number of amides is 1. The summed E-state index contributed by atoms with van der Waals surface area (Å²) in [5.74, 6) is 1.15. The first-order valence-corrected chi connectivity index (χ1v) is 9.20. The van der Waals surface area contributed by atoms with Gasteiger partial charge in [0.2, 0.25) is 0 Å². The summed E-state index contributed by atoms with van der Waals surface area (Å²) in [7, 11) is 0. The molecule has 2 rings (SSSR count). The Hall–Kier alpha value is -1.77. The van der Waals surface area contributed by atoms with Gasteiger partial charge in [-0.25, -0.2) is 0 Å². The Morgan fingerprint density at radius 2 is 2.04 bits per heavy atom. The van der Waals surface area contributed by atoms with Gasteiger partial charge in [-0.2, -0.15) is 0 Å². The molecular weight excluding hydrogens is 298 g/mol. The third-order valence-corrected chi connectivity index (χ3v) is 4.59. The van der Waals surface area contributed by atoms with Crippen molar-refractivity contribution in [2.45, 2.75) is 71.8 Å². The lowest BCUT2D eigenvalue weighted by molar-refractivity contribution is -0.127. The highest BCUT2D eigenvalue weighted by Gasteiger charge is 2.17. The molecule has 0 bridgehead atoms. The second-order valence-corrected chi connectivity index (χ2v) is 7.11. The molecule has 0 saturated carbocycles. The van der Waals surface area contributed by atoms with Crippen LogP contribution >= 0.6 is 0 Å². The first-order chi connectivity index (χ1) is 11.5. The van der Waals surface area contributed by atoms with E-state index in [-0.39, 0.29) is 5.91 Å². The molecule has 0 spiro atoms. The van der Waals surface area contributed by atoms with Crippen LogP contribution in [0.25, 0.3) is 0 Å². The van der Waals surface area contributed by atoms with E-state index in [9.17, 15) is 4.79 Å². The Bertz CT molecular complexity index is 590. The van der Waals surface area contributed by atoms with Crippen LogP contribution in [0.1, 0.15) is 69.9 Å². The van der Waals surface area contributed by atoms with Crippen molar-refractivity contribution in [3.8, 4) is 5.75 Å². The maximum atomic E-state index is 12.3. The number of allylic oxidation sites excluding steroid dienone is 1. The quantitative estimate of drug-likeness (QED) is 0.723. The fourth-order valence-corrected chi connectivity index (χ4v) is 3.09. The van der Waals surface area contributed by atoms with E-state index in [0.717, 1.165) is 23.3 Å². The SMILES string of the molecule is Cc1ccc(C(C)C)c(O[C@H](C)C(=O)NCCC2=CCCCC2)c1. The van der Waals surface area contributed by atoms with Crippen LogP contribution in [0.5, 0.6) is 5.75 Å². The van der Waals surface area contributed by atoms with Crippen LogP contribution in [0.4, 0.5) is 0 Å². The van der Waals surface area contributed by atoms with E-state index in [1.54, 1.807) is 0 Å². The van der Waals surface area contributed by atoms with Gasteiger partial charge in [0.1, 0.15) is 5.75 Å². The summed E-state index contributed by atoms with van der Waals surface area (Å²) < 4.78 is 5.97. The monoisotopic (exact) mass is 329 g/mol. The smallest absolute Gasteiger partial charge is 0.260 e. The van der Waals surface area contributed by atoms with Gasteiger partial charge < -0.3 is 10.1 Å². The van der Waals surface area contributed by atoms with Gasteiger partial charge in [0.25, 0.3) is 5.91 Å². The van der Waals surface area contributed by atoms with E-state index >= 15 is 0 Å². The summed E-state index contributed by atoms with van der Waals surface area (Å²) in [5.41, 5.74) is 3.77. The number of carbonyl (C=O) groups excluding carboxylic acids is 1. The van der Waals surface area contributed by atoms with Crippen molar-refractivity contribution in [3.05, 3.63) is 41.0 Å². The summed E-state index contributed by atoms with van der Waals surface area (Å²) in [6, 6.07) is 6.20. The number of rotatable bonds is 7. The van der Waals surface area contributed by atoms with Crippen molar-refractivity contribution in [1.29, 1.82) is 0 Å². The number of ether oxygens (including phenoxy) is 1. The fraction of sp³-hybridized carbons (Fsp3) is 0.571. The number of benzene rings is 1. The van der Waals surface area contributed by atoms with Crippen molar-refractivity contribution >= 4 is 5.91 Å². The van der Waals surface area contributed by atoms with Gasteiger partial charge >= 0.3 is 0 Å². The van der Waals surface area contributed by atoms with Gasteiger partial charge in [-0.15, -0.1) is 0 Å². The Kier molecular flexibility index (Phi) is 6.89. The number of aryl methyl sites for hydroxylation is 1. The minimum absolute atomic E-state index is 0.0392. The molecule has 0 aliphatic heterocycles. The first-order valence-electron chi connectivity index (χ1n) is 9.20. The second kappa shape index (κ2) is 8.91. The number of carbonyl (C=O) groups is 1. The predicted molar refractivity (Wildman–Crippen MR) is 99.5 cm³/mol. The molecule has 1 aromatic carbocycles. The fourth-order valence-electron chi connectivity index (χ4n) is 3.09. The van der Waals surface area contributed by atoms with Crippen LogP contribution in [0.3, 0.4) is 0 Å². The zero-order valence-electron chi connectivity index (χ0n) is 15.5. The highest BCUT2D eigenvalue weighted by atomic mass is 16.5. The molecule has 3 nitrogen and oxygen atoms in total. The molecule has 0 saturated heterocycles. The molecule has 1 amide bonds. The van der Waals surface area contributed by atoms with Crippen LogP contribution in [0, 0.1) is 6.92 Å². The minimum Gasteiger partial charge on any atom is -0.481 e. The van der Waals surface area contributed by atoms with Gasteiger partial charge in [0.15, 0.2) is 6.10 Å². The molecule has 1 N–H and O–H groups in total. The number of nitrogens with one attached hydrogen (secondary N) is 1. The zero-order chi connectivity index (χ0) is 17.5. The standard InChI is InChI=1S/C21H31NO2/c1-15(2)19-11-10-16(3)14-20(19)24-17(4)21(23)22-13-12-18-8-6-5-7-9-18/h8,10-11,14-15,17H,5-7,9,12-13H2,1-4H3,(H,22,23)/t17-/m1/s1. The topological polar surface area (TPSA) is 38.3 Å². The normalized spacial score (nSPS) is 15.8. The van der Waals surface area contributed by atoms with E-state index < -0.39 is 6.10 Å². The van der Waals surface area contributed by atoms with Crippen molar-refractivity contribution in [1.82, 2.24) is 5.32 Å².